The molecule has 106 valence electrons. The second-order valence-electron chi connectivity index (χ2n) is 5.20. The fourth-order valence-electron chi connectivity index (χ4n) is 2.72. The van der Waals surface area contributed by atoms with Crippen LogP contribution >= 0.6 is 0 Å². The van der Waals surface area contributed by atoms with Crippen LogP contribution in [0.3, 0.4) is 0 Å². The minimum atomic E-state index is 0.104. The molecule has 2 heterocycles. The van der Waals surface area contributed by atoms with Gasteiger partial charge in [-0.3, -0.25) is 4.79 Å². The molecule has 0 radical (unpaired) electrons. The normalized spacial score (nSPS) is 13.8. The molecule has 4 heteroatoms. The minimum Gasteiger partial charge on any atom is -0.493 e. The van der Waals surface area contributed by atoms with Gasteiger partial charge in [-0.15, -0.1) is 0 Å². The van der Waals surface area contributed by atoms with Crippen LogP contribution in [0.2, 0.25) is 0 Å². The van der Waals surface area contributed by atoms with Crippen LogP contribution in [0.25, 0.3) is 10.9 Å². The number of amides is 1. The van der Waals surface area contributed by atoms with E-state index in [1.807, 2.05) is 6.92 Å². The van der Waals surface area contributed by atoms with E-state index >= 15 is 0 Å². The average Bonchev–Trinajstić information content (AvgIpc) is 2.90. The van der Waals surface area contributed by atoms with Gasteiger partial charge in [-0.25, -0.2) is 0 Å². The molecular weight excluding hydrogens is 252 g/mol. The summed E-state index contributed by atoms with van der Waals surface area (Å²) in [5, 5.41) is 4.17. The Morgan fingerprint density at radius 1 is 1.45 bits per heavy atom. The number of hydrogen-bond acceptors (Lipinski definition) is 2. The van der Waals surface area contributed by atoms with Gasteiger partial charge in [0.1, 0.15) is 5.75 Å². The number of ether oxygens (including phenoxy) is 1. The zero-order chi connectivity index (χ0) is 13.9. The number of fused-ring (bicyclic) bond motifs is 3. The number of aromatic amines is 1. The lowest BCUT2D eigenvalue weighted by atomic mass is 10.0. The van der Waals surface area contributed by atoms with Gasteiger partial charge in [0.25, 0.3) is 0 Å². The lowest BCUT2D eigenvalue weighted by Crippen LogP contribution is -2.24. The van der Waals surface area contributed by atoms with Crippen LogP contribution in [0.1, 0.15) is 31.0 Å². The molecule has 2 N–H and O–H groups in total. The second kappa shape index (κ2) is 5.57. The number of carbonyl (C=O) groups excluding carboxylic acids is 1. The van der Waals surface area contributed by atoms with Crippen LogP contribution in [-0.4, -0.2) is 24.0 Å². The third-order valence-electron chi connectivity index (χ3n) is 3.79. The van der Waals surface area contributed by atoms with E-state index in [-0.39, 0.29) is 5.91 Å². The fourth-order valence-corrected chi connectivity index (χ4v) is 2.72. The van der Waals surface area contributed by atoms with Crippen LogP contribution in [0.4, 0.5) is 0 Å². The molecule has 1 aromatic carbocycles. The van der Waals surface area contributed by atoms with Gasteiger partial charge >= 0.3 is 0 Å². The Kier molecular flexibility index (Phi) is 3.63. The van der Waals surface area contributed by atoms with E-state index in [1.165, 1.54) is 10.9 Å². The molecule has 1 aliphatic heterocycles. The maximum atomic E-state index is 11.2. The summed E-state index contributed by atoms with van der Waals surface area (Å²) < 4.78 is 5.70. The summed E-state index contributed by atoms with van der Waals surface area (Å²) >= 11 is 0. The van der Waals surface area contributed by atoms with Crippen molar-refractivity contribution in [1.29, 1.82) is 0 Å². The predicted molar refractivity (Wildman–Crippen MR) is 79.1 cm³/mol. The Morgan fingerprint density at radius 2 is 2.35 bits per heavy atom. The molecule has 1 amide bonds. The van der Waals surface area contributed by atoms with Gasteiger partial charge in [0.15, 0.2) is 0 Å². The van der Waals surface area contributed by atoms with Crippen molar-refractivity contribution in [3.8, 4) is 5.75 Å². The maximum absolute atomic E-state index is 11.2. The lowest BCUT2D eigenvalue weighted by Gasteiger charge is -2.17. The van der Waals surface area contributed by atoms with Crippen LogP contribution in [0.15, 0.2) is 18.2 Å². The molecule has 0 bridgehead atoms. The molecule has 0 atom stereocenters. The average molecular weight is 272 g/mol. The van der Waals surface area contributed by atoms with E-state index in [2.05, 4.69) is 28.5 Å². The first-order valence-electron chi connectivity index (χ1n) is 7.31. The van der Waals surface area contributed by atoms with Crippen molar-refractivity contribution >= 4 is 16.8 Å². The van der Waals surface area contributed by atoms with Crippen molar-refractivity contribution < 1.29 is 9.53 Å². The Bertz CT molecular complexity index is 631. The van der Waals surface area contributed by atoms with Gasteiger partial charge in [0, 0.05) is 41.5 Å². The van der Waals surface area contributed by atoms with Gasteiger partial charge in [0.05, 0.1) is 6.61 Å². The third-order valence-corrected chi connectivity index (χ3v) is 3.79. The van der Waals surface area contributed by atoms with Gasteiger partial charge in [-0.1, -0.05) is 6.92 Å². The predicted octanol–water partition coefficient (Wildman–Crippen LogP) is 2.56. The first-order chi connectivity index (χ1) is 9.78. The van der Waals surface area contributed by atoms with Crippen molar-refractivity contribution in [2.24, 2.45) is 0 Å². The minimum absolute atomic E-state index is 0.104. The van der Waals surface area contributed by atoms with Crippen molar-refractivity contribution in [1.82, 2.24) is 10.3 Å². The molecule has 0 saturated carbocycles. The highest BCUT2D eigenvalue weighted by molar-refractivity contribution is 5.86. The summed E-state index contributed by atoms with van der Waals surface area (Å²) in [7, 11) is 0. The Balaban J connectivity index is 1.78. The first kappa shape index (κ1) is 13.0. The zero-order valence-electron chi connectivity index (χ0n) is 11.8. The third kappa shape index (κ3) is 2.50. The number of carbonyl (C=O) groups is 1. The van der Waals surface area contributed by atoms with E-state index in [1.54, 1.807) is 0 Å². The largest absolute Gasteiger partial charge is 0.493 e. The SMILES string of the molecule is CCC(=O)NCCc1cc2c3c(ccc2[nH]1)OCCC3. The summed E-state index contributed by atoms with van der Waals surface area (Å²) in [6.07, 6.45) is 3.53. The van der Waals surface area contributed by atoms with E-state index < -0.39 is 0 Å². The smallest absolute Gasteiger partial charge is 0.219 e. The number of aromatic nitrogens is 1. The molecule has 1 aliphatic rings. The van der Waals surface area contributed by atoms with E-state index in [0.717, 1.165) is 42.8 Å². The molecule has 0 saturated heterocycles. The summed E-state index contributed by atoms with van der Waals surface area (Å²) in [5.41, 5.74) is 3.63. The summed E-state index contributed by atoms with van der Waals surface area (Å²) in [5.74, 6) is 1.13. The zero-order valence-corrected chi connectivity index (χ0v) is 11.8. The van der Waals surface area contributed by atoms with Gasteiger partial charge < -0.3 is 15.0 Å². The van der Waals surface area contributed by atoms with E-state index in [0.29, 0.717) is 13.0 Å². The summed E-state index contributed by atoms with van der Waals surface area (Å²) in [4.78, 5) is 14.7. The monoisotopic (exact) mass is 272 g/mol. The van der Waals surface area contributed by atoms with Gasteiger partial charge in [-0.05, 0) is 31.0 Å². The maximum Gasteiger partial charge on any atom is 0.219 e. The van der Waals surface area contributed by atoms with Crippen molar-refractivity contribution in [3.05, 3.63) is 29.5 Å². The number of H-pyrrole nitrogens is 1. The molecule has 3 rings (SSSR count). The van der Waals surface area contributed by atoms with E-state index in [4.69, 9.17) is 4.74 Å². The standard InChI is InChI=1S/C16H20N2O2/c1-2-16(19)17-8-7-11-10-13-12-4-3-9-20-15(12)6-5-14(13)18-11/h5-6,10,18H,2-4,7-9H2,1H3,(H,17,19). The van der Waals surface area contributed by atoms with Gasteiger partial charge in [0.2, 0.25) is 5.91 Å². The first-order valence-corrected chi connectivity index (χ1v) is 7.31. The second-order valence-corrected chi connectivity index (χ2v) is 5.20. The molecule has 4 nitrogen and oxygen atoms in total. The number of hydrogen-bond donors (Lipinski definition) is 2. The number of nitrogens with one attached hydrogen (secondary N) is 2. The lowest BCUT2D eigenvalue weighted by molar-refractivity contribution is -0.120. The van der Waals surface area contributed by atoms with Crippen LogP contribution in [-0.2, 0) is 17.6 Å². The quantitative estimate of drug-likeness (QED) is 0.898. The number of aryl methyl sites for hydroxylation is 1. The van der Waals surface area contributed by atoms with Gasteiger partial charge in [-0.2, -0.15) is 0 Å². The highest BCUT2D eigenvalue weighted by Crippen LogP contribution is 2.32. The Morgan fingerprint density at radius 3 is 3.20 bits per heavy atom. The Hall–Kier alpha value is -1.97. The van der Waals surface area contributed by atoms with Crippen LogP contribution < -0.4 is 10.1 Å². The molecule has 1 aromatic heterocycles. The molecule has 0 spiro atoms. The highest BCUT2D eigenvalue weighted by Gasteiger charge is 2.15. The van der Waals surface area contributed by atoms with E-state index in [9.17, 15) is 4.79 Å². The van der Waals surface area contributed by atoms with Crippen LogP contribution in [0, 0.1) is 0 Å². The molecule has 20 heavy (non-hydrogen) atoms. The topological polar surface area (TPSA) is 54.1 Å². The molecule has 2 aromatic rings. The Labute approximate surface area is 118 Å². The molecular formula is C16H20N2O2. The highest BCUT2D eigenvalue weighted by atomic mass is 16.5. The fraction of sp³-hybridized carbons (Fsp3) is 0.438. The molecule has 0 fully saturated rings. The van der Waals surface area contributed by atoms with Crippen molar-refractivity contribution in [2.45, 2.75) is 32.6 Å². The summed E-state index contributed by atoms with van der Waals surface area (Å²) in [6.45, 7) is 3.36. The van der Waals surface area contributed by atoms with Crippen molar-refractivity contribution in [2.75, 3.05) is 13.2 Å². The molecule has 0 unspecified atom stereocenters. The van der Waals surface area contributed by atoms with Crippen LogP contribution in [0.5, 0.6) is 5.75 Å². The summed E-state index contributed by atoms with van der Waals surface area (Å²) in [6, 6.07) is 6.32. The number of rotatable bonds is 4. The number of benzene rings is 1. The molecule has 0 aliphatic carbocycles. The van der Waals surface area contributed by atoms with Crippen molar-refractivity contribution in [3.63, 3.8) is 0 Å².